The van der Waals surface area contributed by atoms with Crippen LogP contribution in [0.25, 0.3) is 0 Å². The first-order valence-electron chi connectivity index (χ1n) is 9.53. The molecule has 0 aliphatic carbocycles. The van der Waals surface area contributed by atoms with Gasteiger partial charge in [-0.2, -0.15) is 0 Å². The van der Waals surface area contributed by atoms with Gasteiger partial charge >= 0.3 is 0 Å². The van der Waals surface area contributed by atoms with Crippen LogP contribution in [0.5, 0.6) is 0 Å². The Hall–Kier alpha value is -1.05. The fourth-order valence-electron chi connectivity index (χ4n) is 3.28. The van der Waals surface area contributed by atoms with Gasteiger partial charge in [0.25, 0.3) is 0 Å². The zero-order chi connectivity index (χ0) is 19.4. The molecule has 0 bridgehead atoms. The fraction of sp³-hybridized carbons (Fsp3) is 0.636. The molecule has 0 unspecified atom stereocenters. The minimum Gasteiger partial charge on any atom is -0.385 e. The van der Waals surface area contributed by atoms with Crippen LogP contribution < -0.4 is 0 Å². The van der Waals surface area contributed by atoms with E-state index >= 15 is 0 Å². The lowest BCUT2D eigenvalue weighted by Crippen LogP contribution is -2.51. The van der Waals surface area contributed by atoms with Crippen LogP contribution >= 0.6 is 11.6 Å². The van der Waals surface area contributed by atoms with Crippen LogP contribution in [0.2, 0.25) is 5.02 Å². The van der Waals surface area contributed by atoms with Gasteiger partial charge in [-0.3, -0.25) is 9.80 Å². The Bertz CT molecular complexity index is 634. The number of aliphatic hydroxyl groups is 1. The van der Waals surface area contributed by atoms with Gasteiger partial charge in [-0.1, -0.05) is 29.7 Å². The maximum Gasteiger partial charge on any atom is 0.0920 e. The molecule has 144 valence electrons. The van der Waals surface area contributed by atoms with E-state index in [0.29, 0.717) is 11.1 Å². The minimum absolute atomic E-state index is 0.0186. The molecule has 0 saturated carbocycles. The minimum atomic E-state index is -0.747. The molecule has 0 spiro atoms. The summed E-state index contributed by atoms with van der Waals surface area (Å²) in [7, 11) is 2.10. The first-order chi connectivity index (χ1) is 12.1. The van der Waals surface area contributed by atoms with Crippen molar-refractivity contribution in [3.63, 3.8) is 0 Å². The van der Waals surface area contributed by atoms with Gasteiger partial charge in [-0.05, 0) is 65.3 Å². The number of likely N-dealkylation sites (tertiary alicyclic amines) is 1. The van der Waals surface area contributed by atoms with E-state index in [0.717, 1.165) is 44.5 Å². The van der Waals surface area contributed by atoms with Crippen molar-refractivity contribution >= 4 is 11.6 Å². The van der Waals surface area contributed by atoms with E-state index in [2.05, 4.69) is 56.4 Å². The third kappa shape index (κ3) is 5.47. The highest BCUT2D eigenvalue weighted by Crippen LogP contribution is 2.36. The van der Waals surface area contributed by atoms with Gasteiger partial charge in [0.15, 0.2) is 0 Å². The monoisotopic (exact) mass is 376 g/mol. The van der Waals surface area contributed by atoms with E-state index in [-0.39, 0.29) is 5.54 Å². The average Bonchev–Trinajstić information content (AvgIpc) is 2.59. The second-order valence-electron chi connectivity index (χ2n) is 8.38. The highest BCUT2D eigenvalue weighted by molar-refractivity contribution is 6.30. The predicted molar refractivity (Wildman–Crippen MR) is 110 cm³/mol. The molecule has 0 radical (unpaired) electrons. The molecular formula is C22H33ClN2O. The zero-order valence-electron chi connectivity index (χ0n) is 16.8. The van der Waals surface area contributed by atoms with Gasteiger partial charge in [0.2, 0.25) is 0 Å². The molecule has 0 atom stereocenters. The number of rotatable bonds is 5. The van der Waals surface area contributed by atoms with Gasteiger partial charge in [-0.25, -0.2) is 0 Å². The molecular weight excluding hydrogens is 344 g/mol. The number of nitrogens with zero attached hydrogens (tertiary/aromatic N) is 2. The summed E-state index contributed by atoms with van der Waals surface area (Å²) in [4.78, 5) is 4.70. The van der Waals surface area contributed by atoms with Gasteiger partial charge in [0, 0.05) is 36.1 Å². The van der Waals surface area contributed by atoms with Crippen molar-refractivity contribution in [2.75, 3.05) is 26.7 Å². The van der Waals surface area contributed by atoms with E-state index in [1.54, 1.807) is 0 Å². The summed E-state index contributed by atoms with van der Waals surface area (Å²) in [6.45, 7) is 11.4. The van der Waals surface area contributed by atoms with E-state index in [9.17, 15) is 5.11 Å². The van der Waals surface area contributed by atoms with Gasteiger partial charge in [0.1, 0.15) is 0 Å². The summed E-state index contributed by atoms with van der Waals surface area (Å²) in [6, 6.07) is 8.12. The van der Waals surface area contributed by atoms with Crippen LogP contribution in [0.15, 0.2) is 24.3 Å². The first kappa shape index (κ1) is 21.3. The Balaban J connectivity index is 1.91. The van der Waals surface area contributed by atoms with Crippen LogP contribution in [0.1, 0.15) is 52.5 Å². The first-order valence-corrected chi connectivity index (χ1v) is 9.91. The predicted octanol–water partition coefficient (Wildman–Crippen LogP) is 4.14. The molecule has 2 rings (SSSR count). The van der Waals surface area contributed by atoms with Crippen LogP contribution in [0.4, 0.5) is 0 Å². The highest BCUT2D eigenvalue weighted by Gasteiger charge is 2.38. The molecule has 1 heterocycles. The maximum atomic E-state index is 11.0. The second kappa shape index (κ2) is 8.76. The van der Waals surface area contributed by atoms with E-state index in [1.165, 1.54) is 0 Å². The number of hydrogen-bond acceptors (Lipinski definition) is 3. The Kier molecular flexibility index (Phi) is 7.16. The van der Waals surface area contributed by atoms with Crippen molar-refractivity contribution in [3.05, 3.63) is 34.9 Å². The van der Waals surface area contributed by atoms with Gasteiger partial charge in [-0.15, -0.1) is 5.92 Å². The molecule has 1 fully saturated rings. The highest BCUT2D eigenvalue weighted by atomic mass is 35.5. The number of benzene rings is 1. The van der Waals surface area contributed by atoms with Gasteiger partial charge in [0.05, 0.1) is 12.1 Å². The van der Waals surface area contributed by atoms with Crippen LogP contribution in [-0.2, 0) is 5.60 Å². The molecule has 3 nitrogen and oxygen atoms in total. The molecule has 1 aliphatic rings. The maximum absolute atomic E-state index is 11.0. The van der Waals surface area contributed by atoms with E-state index in [1.807, 2.05) is 24.3 Å². The fourth-order valence-corrected chi connectivity index (χ4v) is 3.41. The molecule has 1 N–H and O–H groups in total. The quantitative estimate of drug-likeness (QED) is 0.782. The summed E-state index contributed by atoms with van der Waals surface area (Å²) in [5, 5.41) is 11.7. The molecule has 26 heavy (non-hydrogen) atoms. The normalized spacial score (nSPS) is 18.0. The lowest BCUT2D eigenvalue weighted by atomic mass is 9.82. The summed E-state index contributed by atoms with van der Waals surface area (Å²) in [5.41, 5.74) is 0.240. The SMILES string of the molecule is CC(C)N(C)CC#CCC(C)(C)N1CCC(O)(c2ccc(Cl)cc2)CC1. The molecule has 1 aromatic rings. The molecule has 1 saturated heterocycles. The number of piperidine rings is 1. The Labute approximate surface area is 164 Å². The van der Waals surface area contributed by atoms with Crippen molar-refractivity contribution in [1.82, 2.24) is 9.80 Å². The third-order valence-electron chi connectivity index (χ3n) is 5.68. The summed E-state index contributed by atoms with van der Waals surface area (Å²) < 4.78 is 0. The Morgan fingerprint density at radius 3 is 2.31 bits per heavy atom. The number of halogens is 1. The van der Waals surface area contributed by atoms with Crippen molar-refractivity contribution in [1.29, 1.82) is 0 Å². The Morgan fingerprint density at radius 2 is 1.77 bits per heavy atom. The summed E-state index contributed by atoms with van der Waals surface area (Å²) >= 11 is 5.97. The lowest BCUT2D eigenvalue weighted by Gasteiger charge is -2.45. The van der Waals surface area contributed by atoms with Crippen molar-refractivity contribution in [3.8, 4) is 11.8 Å². The smallest absolute Gasteiger partial charge is 0.0920 e. The summed E-state index contributed by atoms with van der Waals surface area (Å²) in [5.74, 6) is 6.65. The van der Waals surface area contributed by atoms with E-state index < -0.39 is 5.60 Å². The lowest BCUT2D eigenvalue weighted by molar-refractivity contribution is -0.0484. The van der Waals surface area contributed by atoms with Crippen molar-refractivity contribution in [2.24, 2.45) is 0 Å². The van der Waals surface area contributed by atoms with Crippen LogP contribution in [0.3, 0.4) is 0 Å². The zero-order valence-corrected chi connectivity index (χ0v) is 17.6. The number of hydrogen-bond donors (Lipinski definition) is 1. The third-order valence-corrected chi connectivity index (χ3v) is 5.94. The molecule has 0 amide bonds. The standard InChI is InChI=1S/C22H33ClN2O/c1-18(2)24(5)15-7-6-12-21(3,4)25-16-13-22(26,14-17-25)19-8-10-20(23)11-9-19/h8-11,18,26H,12-17H2,1-5H3. The molecule has 1 aromatic carbocycles. The van der Waals surface area contributed by atoms with E-state index in [4.69, 9.17) is 11.6 Å². The largest absolute Gasteiger partial charge is 0.385 e. The van der Waals surface area contributed by atoms with Crippen LogP contribution in [-0.4, -0.2) is 53.2 Å². The van der Waals surface area contributed by atoms with Crippen molar-refractivity contribution in [2.45, 2.75) is 64.1 Å². The molecule has 1 aliphatic heterocycles. The topological polar surface area (TPSA) is 26.7 Å². The Morgan fingerprint density at radius 1 is 1.19 bits per heavy atom. The average molecular weight is 377 g/mol. The molecule has 0 aromatic heterocycles. The van der Waals surface area contributed by atoms with Crippen molar-refractivity contribution < 1.29 is 5.11 Å². The van der Waals surface area contributed by atoms with Crippen LogP contribution in [0, 0.1) is 11.8 Å². The molecule has 4 heteroatoms. The summed E-state index contributed by atoms with van der Waals surface area (Å²) in [6.07, 6.45) is 2.32. The van der Waals surface area contributed by atoms with Gasteiger partial charge < -0.3 is 5.11 Å². The second-order valence-corrected chi connectivity index (χ2v) is 8.81.